The van der Waals surface area contributed by atoms with Gasteiger partial charge in [0.25, 0.3) is 5.69 Å². The third kappa shape index (κ3) is 3.80. The standard InChI is InChI=1S/C16H17ClN2O2/c1-11-7-8-13(9-16(11)19(20)21)10-18-12(2)14-5-3-4-6-15(14)17/h3-9,12,18H,10H2,1-2H3/t12-/m0/s1. The molecule has 0 aliphatic heterocycles. The van der Waals surface area contributed by atoms with Crippen LogP contribution in [0.1, 0.15) is 29.7 Å². The van der Waals surface area contributed by atoms with Crippen LogP contribution in [0.15, 0.2) is 42.5 Å². The Labute approximate surface area is 128 Å². The van der Waals surface area contributed by atoms with E-state index in [2.05, 4.69) is 5.32 Å². The number of rotatable bonds is 5. The molecule has 0 aliphatic carbocycles. The van der Waals surface area contributed by atoms with E-state index >= 15 is 0 Å². The molecule has 4 nitrogen and oxygen atoms in total. The first-order valence-electron chi connectivity index (χ1n) is 6.70. The maximum Gasteiger partial charge on any atom is 0.272 e. The molecule has 0 aliphatic rings. The average Bonchev–Trinajstić information content (AvgIpc) is 2.46. The van der Waals surface area contributed by atoms with Crippen molar-refractivity contribution < 1.29 is 4.92 Å². The molecule has 2 rings (SSSR count). The molecule has 110 valence electrons. The van der Waals surface area contributed by atoms with E-state index in [0.29, 0.717) is 17.1 Å². The van der Waals surface area contributed by atoms with Gasteiger partial charge in [-0.1, -0.05) is 41.9 Å². The van der Waals surface area contributed by atoms with Crippen LogP contribution >= 0.6 is 11.6 Å². The van der Waals surface area contributed by atoms with Crippen LogP contribution in [0, 0.1) is 17.0 Å². The van der Waals surface area contributed by atoms with Crippen molar-refractivity contribution in [2.75, 3.05) is 0 Å². The normalized spacial score (nSPS) is 12.1. The Morgan fingerprint density at radius 2 is 2.00 bits per heavy atom. The zero-order chi connectivity index (χ0) is 15.4. The number of nitrogens with one attached hydrogen (secondary N) is 1. The zero-order valence-corrected chi connectivity index (χ0v) is 12.7. The van der Waals surface area contributed by atoms with Crippen LogP contribution in [0.2, 0.25) is 5.02 Å². The molecule has 0 heterocycles. The molecule has 0 saturated carbocycles. The molecule has 2 aromatic carbocycles. The Kier molecular flexibility index (Phi) is 4.94. The minimum Gasteiger partial charge on any atom is -0.306 e. The number of nitro groups is 1. The van der Waals surface area contributed by atoms with Crippen LogP contribution in [0.25, 0.3) is 0 Å². The molecule has 2 aromatic rings. The van der Waals surface area contributed by atoms with E-state index in [-0.39, 0.29) is 16.7 Å². The summed E-state index contributed by atoms with van der Waals surface area (Å²) in [6.45, 7) is 4.30. The topological polar surface area (TPSA) is 55.2 Å². The van der Waals surface area contributed by atoms with E-state index < -0.39 is 0 Å². The van der Waals surface area contributed by atoms with Crippen LogP contribution in [-0.2, 0) is 6.54 Å². The predicted molar refractivity (Wildman–Crippen MR) is 84.5 cm³/mol. The number of hydrogen-bond donors (Lipinski definition) is 1. The molecule has 0 aromatic heterocycles. The fourth-order valence-corrected chi connectivity index (χ4v) is 2.47. The summed E-state index contributed by atoms with van der Waals surface area (Å²) in [5, 5.41) is 15.0. The van der Waals surface area contributed by atoms with Gasteiger partial charge >= 0.3 is 0 Å². The van der Waals surface area contributed by atoms with Gasteiger partial charge < -0.3 is 5.32 Å². The van der Waals surface area contributed by atoms with Gasteiger partial charge in [-0.25, -0.2) is 0 Å². The molecule has 1 atom stereocenters. The van der Waals surface area contributed by atoms with E-state index in [0.717, 1.165) is 11.1 Å². The summed E-state index contributed by atoms with van der Waals surface area (Å²) in [5.41, 5.74) is 2.72. The summed E-state index contributed by atoms with van der Waals surface area (Å²) in [5.74, 6) is 0. The van der Waals surface area contributed by atoms with Crippen molar-refractivity contribution in [1.29, 1.82) is 0 Å². The highest BCUT2D eigenvalue weighted by molar-refractivity contribution is 6.31. The molecule has 0 bridgehead atoms. The van der Waals surface area contributed by atoms with E-state index in [1.807, 2.05) is 37.3 Å². The molecule has 0 fully saturated rings. The van der Waals surface area contributed by atoms with E-state index in [1.165, 1.54) is 0 Å². The second-order valence-electron chi connectivity index (χ2n) is 5.00. The van der Waals surface area contributed by atoms with Crippen molar-refractivity contribution in [3.05, 3.63) is 74.3 Å². The Balaban J connectivity index is 2.08. The summed E-state index contributed by atoms with van der Waals surface area (Å²) < 4.78 is 0. The lowest BCUT2D eigenvalue weighted by Crippen LogP contribution is -2.18. The summed E-state index contributed by atoms with van der Waals surface area (Å²) in [4.78, 5) is 10.6. The molecule has 1 N–H and O–H groups in total. The average molecular weight is 305 g/mol. The SMILES string of the molecule is Cc1ccc(CN[C@@H](C)c2ccccc2Cl)cc1[N+](=O)[O-]. The highest BCUT2D eigenvalue weighted by Gasteiger charge is 2.12. The second-order valence-corrected chi connectivity index (χ2v) is 5.41. The van der Waals surface area contributed by atoms with Gasteiger partial charge in [0.15, 0.2) is 0 Å². The summed E-state index contributed by atoms with van der Waals surface area (Å²) in [7, 11) is 0. The molecular formula is C16H17ClN2O2. The highest BCUT2D eigenvalue weighted by atomic mass is 35.5. The minimum absolute atomic E-state index is 0.0686. The van der Waals surface area contributed by atoms with Crippen LogP contribution < -0.4 is 5.32 Å². The van der Waals surface area contributed by atoms with Crippen LogP contribution in [0.5, 0.6) is 0 Å². The third-order valence-electron chi connectivity index (χ3n) is 3.45. The van der Waals surface area contributed by atoms with Gasteiger partial charge in [0.05, 0.1) is 4.92 Å². The zero-order valence-electron chi connectivity index (χ0n) is 12.0. The van der Waals surface area contributed by atoms with E-state index in [1.54, 1.807) is 19.1 Å². The predicted octanol–water partition coefficient (Wildman–Crippen LogP) is 4.41. The van der Waals surface area contributed by atoms with Gasteiger partial charge in [-0.15, -0.1) is 0 Å². The number of hydrogen-bond acceptors (Lipinski definition) is 3. The van der Waals surface area contributed by atoms with Crippen molar-refractivity contribution in [3.63, 3.8) is 0 Å². The van der Waals surface area contributed by atoms with Gasteiger partial charge in [0.2, 0.25) is 0 Å². The Bertz CT molecular complexity index is 658. The van der Waals surface area contributed by atoms with Crippen molar-refractivity contribution in [2.45, 2.75) is 26.4 Å². The minimum atomic E-state index is -0.351. The first-order valence-corrected chi connectivity index (χ1v) is 7.08. The maximum absolute atomic E-state index is 10.9. The van der Waals surface area contributed by atoms with Crippen molar-refractivity contribution in [2.24, 2.45) is 0 Å². The van der Waals surface area contributed by atoms with Crippen LogP contribution in [0.4, 0.5) is 5.69 Å². The van der Waals surface area contributed by atoms with Crippen molar-refractivity contribution in [3.8, 4) is 0 Å². The quantitative estimate of drug-likeness (QED) is 0.657. The Hall–Kier alpha value is -1.91. The number of nitro benzene ring substituents is 1. The third-order valence-corrected chi connectivity index (χ3v) is 3.80. The molecule has 0 amide bonds. The monoisotopic (exact) mass is 304 g/mol. The Morgan fingerprint density at radius 1 is 1.29 bits per heavy atom. The number of benzene rings is 2. The second kappa shape index (κ2) is 6.70. The molecule has 5 heteroatoms. The largest absolute Gasteiger partial charge is 0.306 e. The van der Waals surface area contributed by atoms with Gasteiger partial charge in [-0.05, 0) is 31.0 Å². The Morgan fingerprint density at radius 3 is 2.67 bits per heavy atom. The first-order chi connectivity index (χ1) is 9.99. The number of nitrogens with zero attached hydrogens (tertiary/aromatic N) is 1. The van der Waals surface area contributed by atoms with E-state index in [9.17, 15) is 10.1 Å². The van der Waals surface area contributed by atoms with Crippen molar-refractivity contribution in [1.82, 2.24) is 5.32 Å². The van der Waals surface area contributed by atoms with E-state index in [4.69, 9.17) is 11.6 Å². The van der Waals surface area contributed by atoms with Gasteiger partial charge in [-0.3, -0.25) is 10.1 Å². The van der Waals surface area contributed by atoms with Crippen LogP contribution in [-0.4, -0.2) is 4.92 Å². The van der Waals surface area contributed by atoms with Crippen molar-refractivity contribution >= 4 is 17.3 Å². The molecule has 0 spiro atoms. The lowest BCUT2D eigenvalue weighted by atomic mass is 10.1. The van der Waals surface area contributed by atoms with Gasteiger partial charge in [0.1, 0.15) is 0 Å². The van der Waals surface area contributed by atoms with Crippen LogP contribution in [0.3, 0.4) is 0 Å². The molecule has 0 saturated heterocycles. The highest BCUT2D eigenvalue weighted by Crippen LogP contribution is 2.23. The fourth-order valence-electron chi connectivity index (χ4n) is 2.17. The molecule has 0 unspecified atom stereocenters. The molecule has 21 heavy (non-hydrogen) atoms. The molecule has 0 radical (unpaired) electrons. The number of halogens is 1. The smallest absolute Gasteiger partial charge is 0.272 e. The fraction of sp³-hybridized carbons (Fsp3) is 0.250. The summed E-state index contributed by atoms with van der Waals surface area (Å²) >= 11 is 6.16. The number of aryl methyl sites for hydroxylation is 1. The summed E-state index contributed by atoms with van der Waals surface area (Å²) in [6, 6.07) is 13.0. The van der Waals surface area contributed by atoms with Gasteiger partial charge in [0, 0.05) is 29.2 Å². The van der Waals surface area contributed by atoms with Gasteiger partial charge in [-0.2, -0.15) is 0 Å². The molecular weight excluding hydrogens is 288 g/mol. The first kappa shape index (κ1) is 15.5. The lowest BCUT2D eigenvalue weighted by Gasteiger charge is -2.15. The lowest BCUT2D eigenvalue weighted by molar-refractivity contribution is -0.385. The summed E-state index contributed by atoms with van der Waals surface area (Å²) in [6.07, 6.45) is 0. The maximum atomic E-state index is 10.9.